The zero-order valence-electron chi connectivity index (χ0n) is 20.6. The minimum atomic E-state index is -5.31. The number of amides is 2. The Kier molecular flexibility index (Phi) is 7.59. The van der Waals surface area contributed by atoms with Crippen LogP contribution < -0.4 is 15.8 Å². The normalized spacial score (nSPS) is 13.2. The van der Waals surface area contributed by atoms with Gasteiger partial charge in [0.25, 0.3) is 5.91 Å². The number of carbonyl (C=O) groups is 2. The summed E-state index contributed by atoms with van der Waals surface area (Å²) in [5, 5.41) is 14.0. The van der Waals surface area contributed by atoms with Gasteiger partial charge in [0.2, 0.25) is 11.5 Å². The fraction of sp³-hybridized carbons (Fsp3) is 0.222. The minimum absolute atomic E-state index is 0.0422. The van der Waals surface area contributed by atoms with Gasteiger partial charge in [-0.2, -0.15) is 13.2 Å². The van der Waals surface area contributed by atoms with Crippen LogP contribution in [0.5, 0.6) is 5.75 Å². The van der Waals surface area contributed by atoms with Crippen LogP contribution in [0.25, 0.3) is 22.2 Å². The molecule has 0 bridgehead atoms. The fourth-order valence-electron chi connectivity index (χ4n) is 4.06. The molecule has 0 aliphatic heterocycles. The van der Waals surface area contributed by atoms with Gasteiger partial charge in [-0.05, 0) is 60.8 Å². The number of aromatic nitrogens is 2. The van der Waals surface area contributed by atoms with Gasteiger partial charge in [-0.3, -0.25) is 9.59 Å². The molecular formula is C27H24F4N4O4. The van der Waals surface area contributed by atoms with Gasteiger partial charge < -0.3 is 25.9 Å². The fourth-order valence-corrected chi connectivity index (χ4v) is 4.06. The summed E-state index contributed by atoms with van der Waals surface area (Å²) in [5.41, 5.74) is 1.34. The lowest BCUT2D eigenvalue weighted by molar-refractivity contribution is -0.265. The second kappa shape index (κ2) is 10.7. The van der Waals surface area contributed by atoms with E-state index in [0.29, 0.717) is 5.52 Å². The molecule has 2 aromatic heterocycles. The van der Waals surface area contributed by atoms with E-state index in [1.807, 2.05) is 0 Å². The molecule has 12 heteroatoms. The number of carbonyl (C=O) groups excluding carboxylic acids is 2. The molecule has 204 valence electrons. The van der Waals surface area contributed by atoms with Gasteiger partial charge in [0.05, 0.1) is 25.3 Å². The number of H-pyrrole nitrogens is 1. The molecule has 0 radical (unpaired) electrons. The van der Waals surface area contributed by atoms with Gasteiger partial charge in [0, 0.05) is 28.4 Å². The smallest absolute Gasteiger partial charge is 0.424 e. The third kappa shape index (κ3) is 5.70. The molecule has 0 spiro atoms. The summed E-state index contributed by atoms with van der Waals surface area (Å²) in [4.78, 5) is 31.5. The molecule has 8 nitrogen and oxygen atoms in total. The predicted octanol–water partition coefficient (Wildman–Crippen LogP) is 3.98. The van der Waals surface area contributed by atoms with Crippen LogP contribution in [-0.4, -0.2) is 46.2 Å². The maximum Gasteiger partial charge on any atom is 0.424 e. The van der Waals surface area contributed by atoms with Crippen LogP contribution in [0.1, 0.15) is 28.5 Å². The Hall–Kier alpha value is -4.45. The molecule has 0 fully saturated rings. The number of aromatic amines is 1. The quantitative estimate of drug-likeness (QED) is 0.237. The zero-order valence-corrected chi connectivity index (χ0v) is 20.6. The molecule has 5 N–H and O–H groups in total. The van der Waals surface area contributed by atoms with Crippen LogP contribution in [-0.2, 0) is 16.8 Å². The van der Waals surface area contributed by atoms with Crippen LogP contribution in [0.4, 0.5) is 17.6 Å². The van der Waals surface area contributed by atoms with Gasteiger partial charge >= 0.3 is 6.18 Å². The molecule has 2 heterocycles. The van der Waals surface area contributed by atoms with E-state index in [1.54, 1.807) is 25.3 Å². The first-order valence-electron chi connectivity index (χ1n) is 11.8. The SMILES string of the molecule is CCOc1c(CC(N)=O)cc([C@@](O)(CNC(=O)c2ccc3cc[nH]c3c2)C(F)(F)F)nc1-c1ccc(F)cc1. The first kappa shape index (κ1) is 27.6. The van der Waals surface area contributed by atoms with Crippen LogP contribution in [0.3, 0.4) is 0 Å². The topological polar surface area (TPSA) is 130 Å². The third-order valence-electron chi connectivity index (χ3n) is 6.04. The molecule has 0 aliphatic carbocycles. The van der Waals surface area contributed by atoms with Crippen molar-refractivity contribution in [3.05, 3.63) is 83.4 Å². The van der Waals surface area contributed by atoms with Gasteiger partial charge in [-0.15, -0.1) is 0 Å². The van der Waals surface area contributed by atoms with Crippen molar-refractivity contribution in [1.82, 2.24) is 15.3 Å². The number of nitrogens with one attached hydrogen (secondary N) is 2. The van der Waals surface area contributed by atoms with Gasteiger partial charge in [0.15, 0.2) is 0 Å². The summed E-state index contributed by atoms with van der Waals surface area (Å²) in [6.45, 7) is 0.381. The van der Waals surface area contributed by atoms with Crippen LogP contribution in [0, 0.1) is 5.82 Å². The molecule has 1 atom stereocenters. The Morgan fingerprint density at radius 1 is 1.10 bits per heavy atom. The Balaban J connectivity index is 1.79. The lowest BCUT2D eigenvalue weighted by Crippen LogP contribution is -2.51. The minimum Gasteiger partial charge on any atom is -0.491 e. The maximum atomic E-state index is 14.4. The highest BCUT2D eigenvalue weighted by Crippen LogP contribution is 2.42. The zero-order chi connectivity index (χ0) is 28.4. The van der Waals surface area contributed by atoms with E-state index in [0.717, 1.165) is 23.6 Å². The number of primary amides is 1. The van der Waals surface area contributed by atoms with Gasteiger partial charge in [-0.25, -0.2) is 9.37 Å². The summed E-state index contributed by atoms with van der Waals surface area (Å²) < 4.78 is 62.4. The van der Waals surface area contributed by atoms with Crippen molar-refractivity contribution in [1.29, 1.82) is 0 Å². The van der Waals surface area contributed by atoms with Crippen molar-refractivity contribution >= 4 is 22.7 Å². The average molecular weight is 545 g/mol. The monoisotopic (exact) mass is 544 g/mol. The maximum absolute atomic E-state index is 14.4. The Morgan fingerprint density at radius 3 is 2.46 bits per heavy atom. The molecule has 2 aromatic carbocycles. The number of alkyl halides is 3. The summed E-state index contributed by atoms with van der Waals surface area (Å²) in [6.07, 6.45) is -4.20. The molecule has 4 rings (SSSR count). The lowest BCUT2D eigenvalue weighted by atomic mass is 9.93. The van der Waals surface area contributed by atoms with Crippen LogP contribution in [0.15, 0.2) is 60.8 Å². The number of pyridine rings is 1. The standard InChI is InChI=1S/C27H24F4N4O4/c1-2-39-24-18(13-22(32)36)12-21(35-23(24)16-5-7-19(28)8-6-16)26(38,27(29,30)31)14-34-25(37)17-4-3-15-9-10-33-20(15)11-17/h3-12,33,38H,2,13-14H2,1H3,(H2,32,36)(H,34,37)/t26-/m0/s1. The number of fused-ring (bicyclic) bond motifs is 1. The van der Waals surface area contributed by atoms with E-state index >= 15 is 0 Å². The van der Waals surface area contributed by atoms with Crippen LogP contribution >= 0.6 is 0 Å². The van der Waals surface area contributed by atoms with Gasteiger partial charge in [-0.1, -0.05) is 6.07 Å². The van der Waals surface area contributed by atoms with E-state index < -0.39 is 48.1 Å². The molecule has 2 amide bonds. The average Bonchev–Trinajstić information content (AvgIpc) is 3.35. The Morgan fingerprint density at radius 2 is 1.82 bits per heavy atom. The predicted molar refractivity (Wildman–Crippen MR) is 134 cm³/mol. The summed E-state index contributed by atoms with van der Waals surface area (Å²) in [6, 6.07) is 11.8. The number of hydrogen-bond acceptors (Lipinski definition) is 5. The molecule has 0 saturated heterocycles. The highest BCUT2D eigenvalue weighted by Gasteiger charge is 2.56. The third-order valence-corrected chi connectivity index (χ3v) is 6.04. The summed E-state index contributed by atoms with van der Waals surface area (Å²) >= 11 is 0. The molecule has 4 aromatic rings. The largest absolute Gasteiger partial charge is 0.491 e. The molecule has 0 saturated carbocycles. The van der Waals surface area contributed by atoms with E-state index in [1.165, 1.54) is 24.3 Å². The van der Waals surface area contributed by atoms with Crippen molar-refractivity contribution in [2.24, 2.45) is 5.73 Å². The number of aliphatic hydroxyl groups is 1. The van der Waals surface area contributed by atoms with E-state index in [-0.39, 0.29) is 34.7 Å². The number of rotatable bonds is 9. The van der Waals surface area contributed by atoms with Crippen molar-refractivity contribution in [2.45, 2.75) is 25.1 Å². The van der Waals surface area contributed by atoms with Crippen LogP contribution in [0.2, 0.25) is 0 Å². The highest BCUT2D eigenvalue weighted by atomic mass is 19.4. The summed E-state index contributed by atoms with van der Waals surface area (Å²) in [7, 11) is 0. The lowest BCUT2D eigenvalue weighted by Gasteiger charge is -2.31. The number of nitrogens with two attached hydrogens (primary N) is 1. The van der Waals surface area contributed by atoms with E-state index in [9.17, 15) is 32.3 Å². The van der Waals surface area contributed by atoms with Crippen molar-refractivity contribution in [3.63, 3.8) is 0 Å². The van der Waals surface area contributed by atoms with E-state index in [2.05, 4.69) is 15.3 Å². The molecule has 39 heavy (non-hydrogen) atoms. The van der Waals surface area contributed by atoms with Crippen molar-refractivity contribution < 1.29 is 37.0 Å². The molecule has 0 unspecified atom stereocenters. The molecule has 0 aliphatic rings. The number of nitrogens with zero attached hydrogens (tertiary/aromatic N) is 1. The first-order chi connectivity index (χ1) is 18.4. The number of ether oxygens (including phenoxy) is 1. The Bertz CT molecular complexity index is 1520. The van der Waals surface area contributed by atoms with Gasteiger partial charge in [0.1, 0.15) is 17.3 Å². The first-order valence-corrected chi connectivity index (χ1v) is 11.8. The highest BCUT2D eigenvalue weighted by molar-refractivity contribution is 5.98. The second-order valence-corrected chi connectivity index (χ2v) is 8.75. The summed E-state index contributed by atoms with van der Waals surface area (Å²) in [5.74, 6) is -2.38. The number of benzene rings is 2. The van der Waals surface area contributed by atoms with Crippen molar-refractivity contribution in [3.8, 4) is 17.0 Å². The second-order valence-electron chi connectivity index (χ2n) is 8.75. The Labute approximate surface area is 219 Å². The van der Waals surface area contributed by atoms with Crippen molar-refractivity contribution in [2.75, 3.05) is 13.2 Å². The number of hydrogen-bond donors (Lipinski definition) is 4. The number of halogens is 4. The van der Waals surface area contributed by atoms with E-state index in [4.69, 9.17) is 10.5 Å². The molecular weight excluding hydrogens is 520 g/mol.